The number of fused-ring (bicyclic) bond motifs is 1. The maximum absolute atomic E-state index is 5.35. The van der Waals surface area contributed by atoms with Crippen LogP contribution in [0, 0.1) is 10.5 Å². The first-order chi connectivity index (χ1) is 9.69. The molecule has 0 atom stereocenters. The van der Waals surface area contributed by atoms with Gasteiger partial charge in [0.15, 0.2) is 4.96 Å². The van der Waals surface area contributed by atoms with Gasteiger partial charge in [-0.1, -0.05) is 6.07 Å². The van der Waals surface area contributed by atoms with Crippen molar-refractivity contribution in [2.75, 3.05) is 12.4 Å². The fraction of sp³-hybridized carbons (Fsp3) is 0.214. The zero-order valence-electron chi connectivity index (χ0n) is 11.2. The Labute approximate surface area is 134 Å². The van der Waals surface area contributed by atoms with Gasteiger partial charge in [-0.3, -0.25) is 4.40 Å². The van der Waals surface area contributed by atoms with Crippen LogP contribution in [0.15, 0.2) is 29.8 Å². The minimum Gasteiger partial charge on any atom is -0.480 e. The van der Waals surface area contributed by atoms with Crippen LogP contribution in [0.4, 0.5) is 5.69 Å². The highest BCUT2D eigenvalue weighted by Crippen LogP contribution is 2.24. The Balaban J connectivity index is 1.85. The van der Waals surface area contributed by atoms with E-state index < -0.39 is 0 Å². The molecule has 0 radical (unpaired) electrons. The summed E-state index contributed by atoms with van der Waals surface area (Å²) in [7, 11) is 1.66. The van der Waals surface area contributed by atoms with Gasteiger partial charge in [-0.05, 0) is 47.2 Å². The summed E-state index contributed by atoms with van der Waals surface area (Å²) in [4.78, 5) is 5.41. The Morgan fingerprint density at radius 2 is 2.30 bits per heavy atom. The first kappa shape index (κ1) is 13.7. The molecule has 0 aliphatic rings. The molecule has 3 aromatic rings. The summed E-state index contributed by atoms with van der Waals surface area (Å²) in [6, 6.07) is 6.36. The average Bonchev–Trinajstić information content (AvgIpc) is 3.00. The van der Waals surface area contributed by atoms with Gasteiger partial charge in [0.05, 0.1) is 13.7 Å². The maximum atomic E-state index is 5.35. The van der Waals surface area contributed by atoms with Crippen LogP contribution in [-0.4, -0.2) is 16.5 Å². The smallest absolute Gasteiger partial charge is 0.238 e. The van der Waals surface area contributed by atoms with Crippen LogP contribution < -0.4 is 10.1 Å². The Morgan fingerprint density at radius 1 is 1.45 bits per heavy atom. The van der Waals surface area contributed by atoms with E-state index in [1.165, 1.54) is 9.13 Å². The molecule has 0 saturated carbocycles. The topological polar surface area (TPSA) is 38.6 Å². The molecule has 3 rings (SSSR count). The SMILES string of the molecule is COc1nc2sccn2c1CNc1ccc(C)c(I)c1. The van der Waals surface area contributed by atoms with E-state index in [1.54, 1.807) is 18.4 Å². The van der Waals surface area contributed by atoms with E-state index in [1.807, 2.05) is 11.6 Å². The van der Waals surface area contributed by atoms with Crippen molar-refractivity contribution in [2.24, 2.45) is 0 Å². The standard InChI is InChI=1S/C14H14IN3OS/c1-9-3-4-10(7-11(9)15)16-8-12-13(19-2)17-14-18(12)5-6-20-14/h3-7,16H,8H2,1-2H3. The minimum absolute atomic E-state index is 0.681. The second kappa shape index (κ2) is 5.61. The number of imidazole rings is 1. The van der Waals surface area contributed by atoms with Crippen LogP contribution >= 0.6 is 33.9 Å². The van der Waals surface area contributed by atoms with Gasteiger partial charge in [0.25, 0.3) is 0 Å². The van der Waals surface area contributed by atoms with Gasteiger partial charge < -0.3 is 10.1 Å². The highest BCUT2D eigenvalue weighted by molar-refractivity contribution is 14.1. The molecule has 0 aliphatic heterocycles. The summed E-state index contributed by atoms with van der Waals surface area (Å²) in [5, 5.41) is 5.46. The molecule has 0 aliphatic carbocycles. The summed E-state index contributed by atoms with van der Waals surface area (Å²) in [6.07, 6.45) is 2.02. The van der Waals surface area contributed by atoms with Gasteiger partial charge in [-0.2, -0.15) is 4.98 Å². The van der Waals surface area contributed by atoms with Crippen LogP contribution in [0.25, 0.3) is 4.96 Å². The molecular weight excluding hydrogens is 385 g/mol. The van der Waals surface area contributed by atoms with Crippen molar-refractivity contribution in [1.29, 1.82) is 0 Å². The van der Waals surface area contributed by atoms with E-state index in [2.05, 4.69) is 62.4 Å². The summed E-state index contributed by atoms with van der Waals surface area (Å²) < 4.78 is 8.68. The Morgan fingerprint density at radius 3 is 3.05 bits per heavy atom. The zero-order chi connectivity index (χ0) is 14.1. The number of aromatic nitrogens is 2. The summed E-state index contributed by atoms with van der Waals surface area (Å²) in [6.45, 7) is 2.79. The van der Waals surface area contributed by atoms with Gasteiger partial charge in [0, 0.05) is 20.8 Å². The van der Waals surface area contributed by atoms with E-state index in [4.69, 9.17) is 4.74 Å². The van der Waals surface area contributed by atoms with Crippen molar-refractivity contribution in [1.82, 2.24) is 9.38 Å². The van der Waals surface area contributed by atoms with Crippen LogP contribution in [0.3, 0.4) is 0 Å². The third-order valence-corrected chi connectivity index (χ3v) is 5.07. The number of halogens is 1. The number of thiazole rings is 1. The fourth-order valence-corrected chi connectivity index (χ4v) is 3.27. The monoisotopic (exact) mass is 399 g/mol. The molecule has 104 valence electrons. The van der Waals surface area contributed by atoms with Crippen molar-refractivity contribution in [3.8, 4) is 5.88 Å². The Bertz CT molecular complexity index is 750. The molecule has 0 bridgehead atoms. The van der Waals surface area contributed by atoms with E-state index >= 15 is 0 Å². The molecule has 0 unspecified atom stereocenters. The van der Waals surface area contributed by atoms with Crippen molar-refractivity contribution < 1.29 is 4.74 Å². The number of nitrogens with zero attached hydrogens (tertiary/aromatic N) is 2. The molecule has 2 heterocycles. The van der Waals surface area contributed by atoms with E-state index in [9.17, 15) is 0 Å². The van der Waals surface area contributed by atoms with Crippen LogP contribution in [0.5, 0.6) is 5.88 Å². The molecule has 1 aromatic carbocycles. The normalized spacial score (nSPS) is 10.9. The lowest BCUT2D eigenvalue weighted by Gasteiger charge is -2.08. The molecule has 20 heavy (non-hydrogen) atoms. The van der Waals surface area contributed by atoms with Gasteiger partial charge >= 0.3 is 0 Å². The minimum atomic E-state index is 0.681. The zero-order valence-corrected chi connectivity index (χ0v) is 14.2. The number of anilines is 1. The fourth-order valence-electron chi connectivity index (χ4n) is 2.03. The Kier molecular flexibility index (Phi) is 3.84. The van der Waals surface area contributed by atoms with Crippen LogP contribution in [-0.2, 0) is 6.54 Å². The summed E-state index contributed by atoms with van der Waals surface area (Å²) in [5.74, 6) is 0.686. The highest BCUT2D eigenvalue weighted by atomic mass is 127. The van der Waals surface area contributed by atoms with Crippen molar-refractivity contribution in [3.63, 3.8) is 0 Å². The quantitative estimate of drug-likeness (QED) is 0.676. The third-order valence-electron chi connectivity index (χ3n) is 3.15. The second-order valence-electron chi connectivity index (χ2n) is 4.44. The number of nitrogens with one attached hydrogen (secondary N) is 1. The van der Waals surface area contributed by atoms with E-state index in [0.29, 0.717) is 12.4 Å². The van der Waals surface area contributed by atoms with Crippen LogP contribution in [0.2, 0.25) is 0 Å². The number of hydrogen-bond acceptors (Lipinski definition) is 4. The molecule has 0 amide bonds. The predicted octanol–water partition coefficient (Wildman–Crippen LogP) is 3.93. The lowest BCUT2D eigenvalue weighted by Crippen LogP contribution is -2.04. The molecule has 6 heteroatoms. The summed E-state index contributed by atoms with van der Waals surface area (Å²) in [5.41, 5.74) is 3.44. The van der Waals surface area contributed by atoms with Crippen molar-refractivity contribution >= 4 is 44.6 Å². The maximum Gasteiger partial charge on any atom is 0.238 e. The number of aryl methyl sites for hydroxylation is 1. The number of methoxy groups -OCH3 is 1. The number of hydrogen-bond donors (Lipinski definition) is 1. The van der Waals surface area contributed by atoms with Gasteiger partial charge in [0.2, 0.25) is 5.88 Å². The summed E-state index contributed by atoms with van der Waals surface area (Å²) >= 11 is 3.96. The molecule has 0 saturated heterocycles. The molecule has 1 N–H and O–H groups in total. The molecule has 0 fully saturated rings. The van der Waals surface area contributed by atoms with E-state index in [-0.39, 0.29) is 0 Å². The van der Waals surface area contributed by atoms with Crippen molar-refractivity contribution in [2.45, 2.75) is 13.5 Å². The lowest BCUT2D eigenvalue weighted by molar-refractivity contribution is 0.395. The first-order valence-corrected chi connectivity index (χ1v) is 8.13. The average molecular weight is 399 g/mol. The predicted molar refractivity (Wildman–Crippen MR) is 90.8 cm³/mol. The number of ether oxygens (including phenoxy) is 1. The number of rotatable bonds is 4. The molecule has 0 spiro atoms. The Hall–Kier alpha value is -1.28. The van der Waals surface area contributed by atoms with Gasteiger partial charge in [-0.15, -0.1) is 11.3 Å². The van der Waals surface area contributed by atoms with Crippen molar-refractivity contribution in [3.05, 3.63) is 44.6 Å². The van der Waals surface area contributed by atoms with Gasteiger partial charge in [0.1, 0.15) is 5.69 Å². The van der Waals surface area contributed by atoms with Gasteiger partial charge in [-0.25, -0.2) is 0 Å². The first-order valence-electron chi connectivity index (χ1n) is 6.17. The largest absolute Gasteiger partial charge is 0.480 e. The highest BCUT2D eigenvalue weighted by Gasteiger charge is 2.13. The lowest BCUT2D eigenvalue weighted by atomic mass is 10.2. The molecule has 2 aromatic heterocycles. The third kappa shape index (κ3) is 2.49. The van der Waals surface area contributed by atoms with E-state index in [0.717, 1.165) is 16.3 Å². The molecule has 4 nitrogen and oxygen atoms in total. The van der Waals surface area contributed by atoms with Crippen LogP contribution in [0.1, 0.15) is 11.3 Å². The second-order valence-corrected chi connectivity index (χ2v) is 6.48. The molecular formula is C14H14IN3OS. The number of benzene rings is 1.